The Kier molecular flexibility index (Phi) is 4.09. The Hall–Kier alpha value is -1.59. The van der Waals surface area contributed by atoms with E-state index in [1.165, 1.54) is 6.92 Å². The zero-order valence-corrected chi connectivity index (χ0v) is 10.3. The molecule has 1 saturated heterocycles. The first-order valence-corrected chi connectivity index (χ1v) is 5.63. The molecule has 0 saturated carbocycles. The topological polar surface area (TPSA) is 72.9 Å². The van der Waals surface area contributed by atoms with E-state index < -0.39 is 17.6 Å². The molecule has 1 aliphatic heterocycles. The first-order valence-electron chi connectivity index (χ1n) is 5.63. The number of ether oxygens (including phenoxy) is 2. The summed E-state index contributed by atoms with van der Waals surface area (Å²) in [6, 6.07) is 0. The van der Waals surface area contributed by atoms with Crippen molar-refractivity contribution in [1.82, 2.24) is 4.90 Å². The van der Waals surface area contributed by atoms with Gasteiger partial charge in [0.2, 0.25) is 0 Å². The van der Waals surface area contributed by atoms with Crippen molar-refractivity contribution in [3.63, 3.8) is 0 Å². The maximum Gasteiger partial charge on any atom is 0.411 e. The lowest BCUT2D eigenvalue weighted by atomic mass is 9.98. The molecule has 1 heterocycles. The van der Waals surface area contributed by atoms with E-state index in [1.807, 2.05) is 0 Å². The van der Waals surface area contributed by atoms with E-state index in [-0.39, 0.29) is 32.0 Å². The second-order valence-corrected chi connectivity index (χ2v) is 3.82. The monoisotopic (exact) mass is 243 g/mol. The third kappa shape index (κ3) is 2.25. The molecule has 0 radical (unpaired) electrons. The van der Waals surface area contributed by atoms with Gasteiger partial charge in [0.1, 0.15) is 0 Å². The molecule has 0 aromatic carbocycles. The molecule has 0 spiro atoms. The van der Waals surface area contributed by atoms with Gasteiger partial charge in [-0.05, 0) is 20.8 Å². The average Bonchev–Trinajstić information content (AvgIpc) is 2.58. The molecule has 1 rings (SSSR count). The van der Waals surface area contributed by atoms with Crippen molar-refractivity contribution in [3.8, 4) is 0 Å². The predicted octanol–water partition coefficient (Wildman–Crippen LogP) is 0.739. The van der Waals surface area contributed by atoms with Crippen LogP contribution in [-0.4, -0.2) is 48.0 Å². The second kappa shape index (κ2) is 5.16. The van der Waals surface area contributed by atoms with Crippen LogP contribution in [0.5, 0.6) is 0 Å². The maximum absolute atomic E-state index is 11.8. The van der Waals surface area contributed by atoms with E-state index in [0.717, 1.165) is 4.90 Å². The summed E-state index contributed by atoms with van der Waals surface area (Å²) < 4.78 is 9.67. The fraction of sp³-hybridized carbons (Fsp3) is 0.727. The number of carbonyl (C=O) groups is 3. The fourth-order valence-corrected chi connectivity index (χ4v) is 1.80. The van der Waals surface area contributed by atoms with E-state index in [9.17, 15) is 14.4 Å². The molecule has 1 unspecified atom stereocenters. The SMILES string of the molecule is CCOC(=O)N1CCC(=O)C1(C)C(=O)OCC. The highest BCUT2D eigenvalue weighted by atomic mass is 16.6. The van der Waals surface area contributed by atoms with Crippen molar-refractivity contribution in [1.29, 1.82) is 0 Å². The van der Waals surface area contributed by atoms with Crippen LogP contribution in [0.4, 0.5) is 4.79 Å². The van der Waals surface area contributed by atoms with E-state index in [4.69, 9.17) is 9.47 Å². The van der Waals surface area contributed by atoms with Crippen LogP contribution >= 0.6 is 0 Å². The standard InChI is InChI=1S/C11H17NO5/c1-4-16-9(14)11(3)8(13)6-7-12(11)10(15)17-5-2/h4-7H2,1-3H3. The number of hydrogen-bond donors (Lipinski definition) is 0. The first-order chi connectivity index (χ1) is 7.98. The highest BCUT2D eigenvalue weighted by Crippen LogP contribution is 2.27. The summed E-state index contributed by atoms with van der Waals surface area (Å²) in [5.74, 6) is -1.01. The number of nitrogens with zero attached hydrogens (tertiary/aromatic N) is 1. The van der Waals surface area contributed by atoms with Gasteiger partial charge in [-0.1, -0.05) is 0 Å². The molecule has 17 heavy (non-hydrogen) atoms. The summed E-state index contributed by atoms with van der Waals surface area (Å²) in [5, 5.41) is 0. The van der Waals surface area contributed by atoms with Gasteiger partial charge in [0.25, 0.3) is 0 Å². The lowest BCUT2D eigenvalue weighted by Crippen LogP contribution is -2.55. The van der Waals surface area contributed by atoms with Gasteiger partial charge in [-0.25, -0.2) is 9.59 Å². The van der Waals surface area contributed by atoms with E-state index >= 15 is 0 Å². The van der Waals surface area contributed by atoms with Gasteiger partial charge in [-0.2, -0.15) is 0 Å². The molecule has 1 atom stereocenters. The molecule has 0 N–H and O–H groups in total. The molecule has 6 heteroatoms. The molecule has 6 nitrogen and oxygen atoms in total. The summed E-state index contributed by atoms with van der Waals surface area (Å²) >= 11 is 0. The van der Waals surface area contributed by atoms with Crippen molar-refractivity contribution in [2.45, 2.75) is 32.7 Å². The molecule has 1 aliphatic rings. The Balaban J connectivity index is 2.94. The number of ketones is 1. The lowest BCUT2D eigenvalue weighted by Gasteiger charge is -2.30. The van der Waals surface area contributed by atoms with Crippen LogP contribution in [0.2, 0.25) is 0 Å². The molecule has 1 fully saturated rings. The normalized spacial score (nSPS) is 23.7. The third-order valence-electron chi connectivity index (χ3n) is 2.81. The smallest absolute Gasteiger partial charge is 0.411 e. The number of rotatable bonds is 3. The molecule has 0 aromatic rings. The summed E-state index contributed by atoms with van der Waals surface area (Å²) in [6.07, 6.45) is -0.511. The van der Waals surface area contributed by atoms with Crippen LogP contribution in [0.25, 0.3) is 0 Å². The number of Topliss-reactive ketones (excluding diaryl/α,β-unsaturated/α-hetero) is 1. The molecule has 1 amide bonds. The zero-order valence-electron chi connectivity index (χ0n) is 10.3. The molecular formula is C11H17NO5. The van der Waals surface area contributed by atoms with E-state index in [0.29, 0.717) is 0 Å². The molecule has 96 valence electrons. The van der Waals surface area contributed by atoms with Crippen LogP contribution in [0.1, 0.15) is 27.2 Å². The van der Waals surface area contributed by atoms with Crippen LogP contribution in [0, 0.1) is 0 Å². The highest BCUT2D eigenvalue weighted by Gasteiger charge is 2.54. The first kappa shape index (κ1) is 13.5. The van der Waals surface area contributed by atoms with Crippen molar-refractivity contribution in [2.75, 3.05) is 19.8 Å². The highest BCUT2D eigenvalue weighted by molar-refractivity contribution is 6.11. The minimum atomic E-state index is -1.54. The van der Waals surface area contributed by atoms with Crippen LogP contribution in [0.15, 0.2) is 0 Å². The van der Waals surface area contributed by atoms with Gasteiger partial charge in [0.05, 0.1) is 13.2 Å². The van der Waals surface area contributed by atoms with Crippen LogP contribution < -0.4 is 0 Å². The van der Waals surface area contributed by atoms with Crippen molar-refractivity contribution in [3.05, 3.63) is 0 Å². The summed E-state index contributed by atoms with van der Waals surface area (Å²) in [5.41, 5.74) is -1.54. The maximum atomic E-state index is 11.8. The van der Waals surface area contributed by atoms with Crippen molar-refractivity contribution in [2.24, 2.45) is 0 Å². The number of amides is 1. The van der Waals surface area contributed by atoms with Gasteiger partial charge in [0.15, 0.2) is 11.3 Å². The second-order valence-electron chi connectivity index (χ2n) is 3.82. The number of hydrogen-bond acceptors (Lipinski definition) is 5. The lowest BCUT2D eigenvalue weighted by molar-refractivity contribution is -0.157. The van der Waals surface area contributed by atoms with E-state index in [1.54, 1.807) is 13.8 Å². The summed E-state index contributed by atoms with van der Waals surface area (Å²) in [4.78, 5) is 36.4. The molecular weight excluding hydrogens is 226 g/mol. The van der Waals surface area contributed by atoms with Crippen LogP contribution in [0.3, 0.4) is 0 Å². The molecule has 0 aliphatic carbocycles. The quantitative estimate of drug-likeness (QED) is 0.540. The van der Waals surface area contributed by atoms with Gasteiger partial charge < -0.3 is 9.47 Å². The fourth-order valence-electron chi connectivity index (χ4n) is 1.80. The number of esters is 1. The van der Waals surface area contributed by atoms with Gasteiger partial charge in [-0.3, -0.25) is 9.69 Å². The van der Waals surface area contributed by atoms with Crippen molar-refractivity contribution < 1.29 is 23.9 Å². The Bertz CT molecular complexity index is 341. The summed E-state index contributed by atoms with van der Waals surface area (Å²) in [7, 11) is 0. The predicted molar refractivity (Wildman–Crippen MR) is 58.4 cm³/mol. The van der Waals surface area contributed by atoms with Crippen LogP contribution in [-0.2, 0) is 19.1 Å². The average molecular weight is 243 g/mol. The minimum absolute atomic E-state index is 0.147. The van der Waals surface area contributed by atoms with Gasteiger partial charge in [-0.15, -0.1) is 0 Å². The number of carbonyl (C=O) groups excluding carboxylic acids is 3. The largest absolute Gasteiger partial charge is 0.464 e. The Morgan fingerprint density at radius 3 is 2.41 bits per heavy atom. The van der Waals surface area contributed by atoms with Gasteiger partial charge in [0, 0.05) is 13.0 Å². The Morgan fingerprint density at radius 1 is 1.29 bits per heavy atom. The Labute approximate surface area is 99.9 Å². The molecule has 0 bridgehead atoms. The summed E-state index contributed by atoms with van der Waals surface area (Å²) in [6.45, 7) is 5.26. The van der Waals surface area contributed by atoms with Crippen molar-refractivity contribution >= 4 is 17.8 Å². The third-order valence-corrected chi connectivity index (χ3v) is 2.81. The zero-order chi connectivity index (χ0) is 13.1. The van der Waals surface area contributed by atoms with Gasteiger partial charge >= 0.3 is 12.1 Å². The minimum Gasteiger partial charge on any atom is -0.464 e. The Morgan fingerprint density at radius 2 is 1.88 bits per heavy atom. The number of likely N-dealkylation sites (tertiary alicyclic amines) is 1. The molecule has 0 aromatic heterocycles. The van der Waals surface area contributed by atoms with E-state index in [2.05, 4.69) is 0 Å².